The molecule has 112 valence electrons. The first-order chi connectivity index (χ1) is 10.6. The lowest BCUT2D eigenvalue weighted by molar-refractivity contribution is -0.116. The molecule has 1 atom stereocenters. The van der Waals surface area contributed by atoms with Crippen molar-refractivity contribution >= 4 is 29.0 Å². The Balaban J connectivity index is 1.74. The van der Waals surface area contributed by atoms with Crippen LogP contribution in [0.5, 0.6) is 5.75 Å². The van der Waals surface area contributed by atoms with Gasteiger partial charge in [-0.1, -0.05) is 23.7 Å². The van der Waals surface area contributed by atoms with Crippen molar-refractivity contribution in [2.45, 2.75) is 12.8 Å². The maximum absolute atomic E-state index is 12.2. The second-order valence-corrected chi connectivity index (χ2v) is 5.56. The lowest BCUT2D eigenvalue weighted by Crippen LogP contribution is -2.12. The Kier molecular flexibility index (Phi) is 3.86. The molecule has 1 aliphatic heterocycles. The van der Waals surface area contributed by atoms with Crippen LogP contribution in [0.3, 0.4) is 0 Å². The van der Waals surface area contributed by atoms with E-state index in [9.17, 15) is 9.59 Å². The molecule has 0 aliphatic carbocycles. The van der Waals surface area contributed by atoms with Crippen molar-refractivity contribution in [1.82, 2.24) is 0 Å². The van der Waals surface area contributed by atoms with Crippen LogP contribution >= 0.6 is 11.6 Å². The molecule has 1 aliphatic rings. The second kappa shape index (κ2) is 5.81. The van der Waals surface area contributed by atoms with Gasteiger partial charge in [-0.25, -0.2) is 0 Å². The van der Waals surface area contributed by atoms with E-state index >= 15 is 0 Å². The van der Waals surface area contributed by atoms with Crippen molar-refractivity contribution in [2.24, 2.45) is 0 Å². The van der Waals surface area contributed by atoms with E-state index in [1.165, 1.54) is 0 Å². The van der Waals surface area contributed by atoms with Crippen molar-refractivity contribution in [3.63, 3.8) is 0 Å². The van der Waals surface area contributed by atoms with E-state index in [2.05, 4.69) is 5.32 Å². The summed E-state index contributed by atoms with van der Waals surface area (Å²) in [5, 5.41) is 3.25. The van der Waals surface area contributed by atoms with E-state index in [0.717, 1.165) is 11.3 Å². The standard InChI is InChI=1S/C17H14ClNO3/c1-10-12-8-11(6-7-14(12)19-17(10)21)15(20)9-22-16-5-3-2-4-13(16)18/h2-8,10H,9H2,1H3,(H,19,21)/t10-/m1/s1. The molecule has 1 amide bonds. The van der Waals surface area contributed by atoms with Crippen molar-refractivity contribution in [3.8, 4) is 5.75 Å². The fraction of sp³-hybridized carbons (Fsp3) is 0.176. The largest absolute Gasteiger partial charge is 0.484 e. The summed E-state index contributed by atoms with van der Waals surface area (Å²) in [5.41, 5.74) is 2.13. The van der Waals surface area contributed by atoms with Gasteiger partial charge in [-0.2, -0.15) is 0 Å². The number of carbonyl (C=O) groups is 2. The Labute approximate surface area is 133 Å². The Bertz CT molecular complexity index is 757. The minimum absolute atomic E-state index is 0.0492. The lowest BCUT2D eigenvalue weighted by Gasteiger charge is -2.08. The Morgan fingerprint density at radius 3 is 2.82 bits per heavy atom. The number of halogens is 1. The van der Waals surface area contributed by atoms with E-state index < -0.39 is 0 Å². The van der Waals surface area contributed by atoms with Gasteiger partial charge in [0.1, 0.15) is 5.75 Å². The molecular formula is C17H14ClNO3. The van der Waals surface area contributed by atoms with E-state index in [1.807, 2.05) is 6.92 Å². The van der Waals surface area contributed by atoms with Crippen LogP contribution in [0.25, 0.3) is 0 Å². The van der Waals surface area contributed by atoms with Gasteiger partial charge >= 0.3 is 0 Å². The van der Waals surface area contributed by atoms with Gasteiger partial charge in [0.2, 0.25) is 5.91 Å². The second-order valence-electron chi connectivity index (χ2n) is 5.16. The first-order valence-corrected chi connectivity index (χ1v) is 7.29. The fourth-order valence-electron chi connectivity index (χ4n) is 2.38. The predicted molar refractivity (Wildman–Crippen MR) is 84.8 cm³/mol. The number of Topliss-reactive ketones (excluding diaryl/α,β-unsaturated/α-hetero) is 1. The number of nitrogens with one attached hydrogen (secondary N) is 1. The van der Waals surface area contributed by atoms with Crippen LogP contribution < -0.4 is 10.1 Å². The van der Waals surface area contributed by atoms with E-state index in [-0.39, 0.29) is 24.2 Å². The molecule has 0 bridgehead atoms. The molecule has 1 N–H and O–H groups in total. The smallest absolute Gasteiger partial charge is 0.231 e. The summed E-state index contributed by atoms with van der Waals surface area (Å²) in [5.74, 6) is 0.0253. The molecule has 0 saturated heterocycles. The molecule has 2 aromatic carbocycles. The minimum Gasteiger partial charge on any atom is -0.484 e. The molecule has 22 heavy (non-hydrogen) atoms. The first-order valence-electron chi connectivity index (χ1n) is 6.91. The monoisotopic (exact) mass is 315 g/mol. The predicted octanol–water partition coefficient (Wildman–Crippen LogP) is 3.66. The van der Waals surface area contributed by atoms with Crippen LogP contribution in [-0.4, -0.2) is 18.3 Å². The molecular weight excluding hydrogens is 302 g/mol. The number of ketones is 1. The summed E-state index contributed by atoms with van der Waals surface area (Å²) in [7, 11) is 0. The number of amides is 1. The zero-order chi connectivity index (χ0) is 15.7. The topological polar surface area (TPSA) is 55.4 Å². The maximum Gasteiger partial charge on any atom is 0.231 e. The summed E-state index contributed by atoms with van der Waals surface area (Å²) < 4.78 is 5.46. The highest BCUT2D eigenvalue weighted by atomic mass is 35.5. The molecule has 4 nitrogen and oxygen atoms in total. The number of hydrogen-bond donors (Lipinski definition) is 1. The summed E-state index contributed by atoms with van der Waals surface area (Å²) in [6.07, 6.45) is 0. The van der Waals surface area contributed by atoms with Gasteiger partial charge in [0.05, 0.1) is 10.9 Å². The number of fused-ring (bicyclic) bond motifs is 1. The average molecular weight is 316 g/mol. The van der Waals surface area contributed by atoms with E-state index in [0.29, 0.717) is 16.3 Å². The normalized spacial score (nSPS) is 16.1. The third-order valence-corrected chi connectivity index (χ3v) is 4.00. The summed E-state index contributed by atoms with van der Waals surface area (Å²) in [4.78, 5) is 23.9. The zero-order valence-electron chi connectivity index (χ0n) is 11.9. The Hall–Kier alpha value is -2.33. The van der Waals surface area contributed by atoms with Gasteiger partial charge in [-0.05, 0) is 42.8 Å². The number of carbonyl (C=O) groups excluding carboxylic acids is 2. The number of rotatable bonds is 4. The highest BCUT2D eigenvalue weighted by Crippen LogP contribution is 2.32. The van der Waals surface area contributed by atoms with Gasteiger partial charge in [0.25, 0.3) is 0 Å². The number of hydrogen-bond acceptors (Lipinski definition) is 3. The van der Waals surface area contributed by atoms with Crippen molar-refractivity contribution in [1.29, 1.82) is 0 Å². The Morgan fingerprint density at radius 1 is 1.27 bits per heavy atom. The number of benzene rings is 2. The van der Waals surface area contributed by atoms with Gasteiger partial charge < -0.3 is 10.1 Å². The molecule has 0 radical (unpaired) electrons. The lowest BCUT2D eigenvalue weighted by atomic mass is 9.99. The minimum atomic E-state index is -0.243. The molecule has 0 saturated carbocycles. The highest BCUT2D eigenvalue weighted by molar-refractivity contribution is 6.32. The molecule has 0 fully saturated rings. The van der Waals surface area contributed by atoms with Crippen molar-refractivity contribution in [2.75, 3.05) is 11.9 Å². The first kappa shape index (κ1) is 14.6. The quantitative estimate of drug-likeness (QED) is 0.876. The van der Waals surface area contributed by atoms with Crippen LogP contribution in [0.2, 0.25) is 5.02 Å². The molecule has 0 unspecified atom stereocenters. The number of para-hydroxylation sites is 1. The molecule has 0 aromatic heterocycles. The van der Waals surface area contributed by atoms with Crippen molar-refractivity contribution < 1.29 is 14.3 Å². The van der Waals surface area contributed by atoms with Crippen LogP contribution in [-0.2, 0) is 4.79 Å². The van der Waals surface area contributed by atoms with Gasteiger partial charge in [-0.15, -0.1) is 0 Å². The molecule has 2 aromatic rings. The third-order valence-electron chi connectivity index (χ3n) is 3.69. The fourth-order valence-corrected chi connectivity index (χ4v) is 2.57. The zero-order valence-corrected chi connectivity index (χ0v) is 12.7. The molecule has 1 heterocycles. The summed E-state index contributed by atoms with van der Waals surface area (Å²) in [6.45, 7) is 1.72. The SMILES string of the molecule is C[C@H]1C(=O)Nc2ccc(C(=O)COc3ccccc3Cl)cc21. The van der Waals surface area contributed by atoms with Crippen LogP contribution in [0.4, 0.5) is 5.69 Å². The average Bonchev–Trinajstić information content (AvgIpc) is 2.81. The number of anilines is 1. The highest BCUT2D eigenvalue weighted by Gasteiger charge is 2.27. The van der Waals surface area contributed by atoms with E-state index in [1.54, 1.807) is 42.5 Å². The summed E-state index contributed by atoms with van der Waals surface area (Å²) >= 11 is 5.98. The molecule has 5 heteroatoms. The molecule has 3 rings (SSSR count). The van der Waals surface area contributed by atoms with Crippen LogP contribution in [0.15, 0.2) is 42.5 Å². The Morgan fingerprint density at radius 2 is 2.05 bits per heavy atom. The maximum atomic E-state index is 12.2. The van der Waals surface area contributed by atoms with Crippen molar-refractivity contribution in [3.05, 3.63) is 58.6 Å². The molecule has 0 spiro atoms. The summed E-state index contributed by atoms with van der Waals surface area (Å²) in [6, 6.07) is 12.2. The van der Waals surface area contributed by atoms with Crippen LogP contribution in [0.1, 0.15) is 28.8 Å². The van der Waals surface area contributed by atoms with Crippen LogP contribution in [0, 0.1) is 0 Å². The van der Waals surface area contributed by atoms with Gasteiger partial charge in [0, 0.05) is 11.3 Å². The number of ether oxygens (including phenoxy) is 1. The van der Waals surface area contributed by atoms with Gasteiger partial charge in [-0.3, -0.25) is 9.59 Å². The van der Waals surface area contributed by atoms with E-state index in [4.69, 9.17) is 16.3 Å². The van der Waals surface area contributed by atoms with Gasteiger partial charge in [0.15, 0.2) is 12.4 Å². The third kappa shape index (κ3) is 2.70.